The summed E-state index contributed by atoms with van der Waals surface area (Å²) < 4.78 is 5.99. The average molecular weight is 269 g/mol. The van der Waals surface area contributed by atoms with E-state index in [0.717, 1.165) is 11.8 Å². The number of aliphatic hydroxyl groups excluding tert-OH is 1. The van der Waals surface area contributed by atoms with Gasteiger partial charge in [-0.15, -0.1) is 0 Å². The van der Waals surface area contributed by atoms with Crippen LogP contribution in [0.5, 0.6) is 0 Å². The average Bonchev–Trinajstić information content (AvgIpc) is 2.85. The molecule has 0 heterocycles. The molecule has 0 spiro atoms. The van der Waals surface area contributed by atoms with Gasteiger partial charge < -0.3 is 15.2 Å². The lowest BCUT2D eigenvalue weighted by atomic mass is 9.88. The molecule has 2 aliphatic rings. The standard InChI is InChI=1S/C16H31NO2/c1-10(2)17-8-12(18)9-19-15-7-14-13(6-11(15)3)16(14,4)5/h10-15,17-18H,6-9H2,1-5H3/t11-,12?,13-,14+,15-/m0/s1. The predicted octanol–water partition coefficient (Wildman–Crippen LogP) is 2.43. The summed E-state index contributed by atoms with van der Waals surface area (Å²) in [6.45, 7) is 12.3. The minimum absolute atomic E-state index is 0.344. The number of nitrogens with one attached hydrogen (secondary N) is 1. The van der Waals surface area contributed by atoms with Gasteiger partial charge in [0.05, 0.1) is 18.8 Å². The Hall–Kier alpha value is -0.120. The van der Waals surface area contributed by atoms with Crippen molar-refractivity contribution in [2.45, 2.75) is 65.7 Å². The van der Waals surface area contributed by atoms with Crippen molar-refractivity contribution in [3.63, 3.8) is 0 Å². The first kappa shape index (κ1) is 15.3. The van der Waals surface area contributed by atoms with E-state index < -0.39 is 0 Å². The van der Waals surface area contributed by atoms with Crippen molar-refractivity contribution in [2.75, 3.05) is 13.2 Å². The minimum Gasteiger partial charge on any atom is -0.389 e. The van der Waals surface area contributed by atoms with Gasteiger partial charge in [0.15, 0.2) is 0 Å². The van der Waals surface area contributed by atoms with Crippen LogP contribution < -0.4 is 5.32 Å². The zero-order valence-corrected chi connectivity index (χ0v) is 13.1. The quantitative estimate of drug-likeness (QED) is 0.778. The Labute approximate surface area is 118 Å². The maximum Gasteiger partial charge on any atom is 0.0897 e. The van der Waals surface area contributed by atoms with Crippen molar-refractivity contribution in [3.05, 3.63) is 0 Å². The van der Waals surface area contributed by atoms with Gasteiger partial charge in [0.2, 0.25) is 0 Å². The molecule has 0 aromatic heterocycles. The Morgan fingerprint density at radius 1 is 1.26 bits per heavy atom. The highest BCUT2D eigenvalue weighted by Crippen LogP contribution is 2.66. The van der Waals surface area contributed by atoms with E-state index >= 15 is 0 Å². The van der Waals surface area contributed by atoms with Crippen molar-refractivity contribution in [1.82, 2.24) is 5.32 Å². The predicted molar refractivity (Wildman–Crippen MR) is 78.0 cm³/mol. The number of rotatable bonds is 6. The van der Waals surface area contributed by atoms with Crippen molar-refractivity contribution < 1.29 is 9.84 Å². The number of fused-ring (bicyclic) bond motifs is 1. The number of hydrogen-bond acceptors (Lipinski definition) is 3. The van der Waals surface area contributed by atoms with Crippen LogP contribution in [0.2, 0.25) is 0 Å². The van der Waals surface area contributed by atoms with E-state index in [4.69, 9.17) is 4.74 Å². The highest BCUT2D eigenvalue weighted by Gasteiger charge is 2.60. The fourth-order valence-electron chi connectivity index (χ4n) is 3.73. The molecule has 2 rings (SSSR count). The molecule has 3 nitrogen and oxygen atoms in total. The second kappa shape index (κ2) is 5.71. The second-order valence-electron chi connectivity index (χ2n) is 7.57. The molecule has 2 fully saturated rings. The molecule has 2 saturated carbocycles. The van der Waals surface area contributed by atoms with E-state index in [-0.39, 0.29) is 6.10 Å². The molecule has 19 heavy (non-hydrogen) atoms. The van der Waals surface area contributed by atoms with Gasteiger partial charge in [-0.25, -0.2) is 0 Å². The van der Waals surface area contributed by atoms with E-state index in [2.05, 4.69) is 39.9 Å². The zero-order chi connectivity index (χ0) is 14.2. The van der Waals surface area contributed by atoms with Crippen LogP contribution in [0.4, 0.5) is 0 Å². The monoisotopic (exact) mass is 269 g/mol. The molecule has 5 atom stereocenters. The van der Waals surface area contributed by atoms with E-state index in [0.29, 0.717) is 36.6 Å². The second-order valence-corrected chi connectivity index (χ2v) is 7.57. The normalized spacial score (nSPS) is 38.1. The summed E-state index contributed by atoms with van der Waals surface area (Å²) >= 11 is 0. The van der Waals surface area contributed by atoms with Crippen molar-refractivity contribution >= 4 is 0 Å². The summed E-state index contributed by atoms with van der Waals surface area (Å²) in [6, 6.07) is 0.413. The summed E-state index contributed by atoms with van der Waals surface area (Å²) in [5.41, 5.74) is 0.532. The van der Waals surface area contributed by atoms with Crippen molar-refractivity contribution in [1.29, 1.82) is 0 Å². The van der Waals surface area contributed by atoms with Gasteiger partial charge in [-0.05, 0) is 36.0 Å². The van der Waals surface area contributed by atoms with Gasteiger partial charge in [-0.2, -0.15) is 0 Å². The lowest BCUT2D eigenvalue weighted by molar-refractivity contribution is -0.0475. The van der Waals surface area contributed by atoms with Crippen LogP contribution in [0.3, 0.4) is 0 Å². The first-order chi connectivity index (χ1) is 8.82. The Morgan fingerprint density at radius 2 is 1.89 bits per heavy atom. The van der Waals surface area contributed by atoms with Crippen LogP contribution in [-0.2, 0) is 4.74 Å². The third kappa shape index (κ3) is 3.50. The minimum atomic E-state index is -0.389. The molecule has 0 saturated heterocycles. The lowest BCUT2D eigenvalue weighted by Crippen LogP contribution is -2.37. The summed E-state index contributed by atoms with van der Waals surface area (Å²) in [4.78, 5) is 0. The third-order valence-corrected chi connectivity index (χ3v) is 5.30. The van der Waals surface area contributed by atoms with Gasteiger partial charge >= 0.3 is 0 Å². The molecule has 1 unspecified atom stereocenters. The molecule has 0 aliphatic heterocycles. The first-order valence-electron chi connectivity index (χ1n) is 7.85. The number of ether oxygens (including phenoxy) is 1. The van der Waals surface area contributed by atoms with Crippen LogP contribution in [0.1, 0.15) is 47.5 Å². The Kier molecular flexibility index (Phi) is 4.59. The van der Waals surface area contributed by atoms with Gasteiger partial charge in [0, 0.05) is 12.6 Å². The highest BCUT2D eigenvalue weighted by molar-refractivity contribution is 5.09. The van der Waals surface area contributed by atoms with E-state index in [1.807, 2.05) is 0 Å². The zero-order valence-electron chi connectivity index (χ0n) is 13.1. The maximum atomic E-state index is 9.91. The third-order valence-electron chi connectivity index (χ3n) is 5.30. The summed E-state index contributed by atoms with van der Waals surface area (Å²) in [5, 5.41) is 13.2. The van der Waals surface area contributed by atoms with E-state index in [1.54, 1.807) is 0 Å². The smallest absolute Gasteiger partial charge is 0.0897 e. The van der Waals surface area contributed by atoms with Crippen LogP contribution in [0, 0.1) is 23.2 Å². The molecule has 2 N–H and O–H groups in total. The van der Waals surface area contributed by atoms with Crippen LogP contribution in [-0.4, -0.2) is 36.5 Å². The Balaban J connectivity index is 1.71. The van der Waals surface area contributed by atoms with Crippen molar-refractivity contribution in [2.24, 2.45) is 23.2 Å². The van der Waals surface area contributed by atoms with Crippen molar-refractivity contribution in [3.8, 4) is 0 Å². The largest absolute Gasteiger partial charge is 0.389 e. The van der Waals surface area contributed by atoms with Gasteiger partial charge in [0.25, 0.3) is 0 Å². The van der Waals surface area contributed by atoms with Gasteiger partial charge in [0.1, 0.15) is 0 Å². The summed E-state index contributed by atoms with van der Waals surface area (Å²) in [6.07, 6.45) is 2.43. The fraction of sp³-hybridized carbons (Fsp3) is 1.00. The molecule has 2 aliphatic carbocycles. The lowest BCUT2D eigenvalue weighted by Gasteiger charge is -2.29. The molecular formula is C16H31NO2. The SMILES string of the molecule is CC(C)NCC(O)CO[C@H]1C[C@@H]2[C@H](C[C@@H]1C)C2(C)C. The Bertz CT molecular complexity index is 303. The molecule has 0 amide bonds. The molecule has 112 valence electrons. The van der Waals surface area contributed by atoms with Gasteiger partial charge in [-0.1, -0.05) is 34.6 Å². The summed E-state index contributed by atoms with van der Waals surface area (Å²) in [5.74, 6) is 2.39. The molecule has 0 radical (unpaired) electrons. The van der Waals surface area contributed by atoms with Crippen LogP contribution in [0.15, 0.2) is 0 Å². The molecule has 0 bridgehead atoms. The maximum absolute atomic E-state index is 9.91. The molecule has 0 aromatic carbocycles. The van der Waals surface area contributed by atoms with E-state index in [9.17, 15) is 5.11 Å². The van der Waals surface area contributed by atoms with E-state index in [1.165, 1.54) is 12.8 Å². The Morgan fingerprint density at radius 3 is 2.53 bits per heavy atom. The topological polar surface area (TPSA) is 41.5 Å². The number of hydrogen-bond donors (Lipinski definition) is 2. The molecule has 3 heteroatoms. The summed E-state index contributed by atoms with van der Waals surface area (Å²) in [7, 11) is 0. The number of aliphatic hydroxyl groups is 1. The van der Waals surface area contributed by atoms with Crippen LogP contribution in [0.25, 0.3) is 0 Å². The van der Waals surface area contributed by atoms with Crippen LogP contribution >= 0.6 is 0 Å². The molecule has 0 aromatic rings. The van der Waals surface area contributed by atoms with Gasteiger partial charge in [-0.3, -0.25) is 0 Å². The molecular weight excluding hydrogens is 238 g/mol. The highest BCUT2D eigenvalue weighted by atomic mass is 16.5. The first-order valence-corrected chi connectivity index (χ1v) is 7.85. The fourth-order valence-corrected chi connectivity index (χ4v) is 3.73.